The van der Waals surface area contributed by atoms with Crippen molar-refractivity contribution in [3.8, 4) is 11.5 Å². The topological polar surface area (TPSA) is 63.7 Å². The van der Waals surface area contributed by atoms with Crippen molar-refractivity contribution in [1.29, 1.82) is 0 Å². The Balaban J connectivity index is 1.52. The third-order valence-electron chi connectivity index (χ3n) is 3.84. The van der Waals surface area contributed by atoms with E-state index in [4.69, 9.17) is 21.1 Å². The number of para-hydroxylation sites is 2. The van der Waals surface area contributed by atoms with Gasteiger partial charge in [-0.3, -0.25) is 9.69 Å². The zero-order chi connectivity index (χ0) is 17.6. The first-order valence-corrected chi connectivity index (χ1v) is 8.54. The van der Waals surface area contributed by atoms with Gasteiger partial charge in [-0.1, -0.05) is 30.7 Å². The van der Waals surface area contributed by atoms with Crippen LogP contribution in [0.3, 0.4) is 0 Å². The zero-order valence-electron chi connectivity index (χ0n) is 13.9. The number of aromatic nitrogens is 1. The molecule has 132 valence electrons. The van der Waals surface area contributed by atoms with Crippen molar-refractivity contribution >= 4 is 23.3 Å². The molecule has 0 saturated heterocycles. The van der Waals surface area contributed by atoms with Gasteiger partial charge in [0.05, 0.1) is 11.6 Å². The Bertz CT molecular complexity index is 724. The Kier molecular flexibility index (Phi) is 5.73. The molecule has 0 fully saturated rings. The lowest BCUT2D eigenvalue weighted by Gasteiger charge is -2.30. The lowest BCUT2D eigenvalue weighted by molar-refractivity contribution is -0.117. The van der Waals surface area contributed by atoms with E-state index in [1.165, 1.54) is 6.20 Å². The third-order valence-corrected chi connectivity index (χ3v) is 4.06. The molecule has 7 heteroatoms. The number of halogens is 1. The second kappa shape index (κ2) is 8.18. The van der Waals surface area contributed by atoms with E-state index in [0.29, 0.717) is 24.0 Å². The predicted molar refractivity (Wildman–Crippen MR) is 96.3 cm³/mol. The van der Waals surface area contributed by atoms with Crippen LogP contribution in [-0.4, -0.2) is 48.1 Å². The maximum Gasteiger partial charge on any atom is 0.239 e. The Morgan fingerprint density at radius 1 is 1.32 bits per heavy atom. The van der Waals surface area contributed by atoms with Gasteiger partial charge in [-0.25, -0.2) is 4.98 Å². The number of fused-ring (bicyclic) bond motifs is 1. The molecule has 1 atom stereocenters. The van der Waals surface area contributed by atoms with E-state index >= 15 is 0 Å². The molecule has 1 N–H and O–H groups in total. The highest BCUT2D eigenvalue weighted by atomic mass is 35.5. The minimum absolute atomic E-state index is 0.115. The number of benzene rings is 1. The molecule has 0 bridgehead atoms. The molecule has 1 aromatic heterocycles. The van der Waals surface area contributed by atoms with E-state index in [0.717, 1.165) is 18.0 Å². The molecule has 0 saturated carbocycles. The molecule has 1 aromatic carbocycles. The molecule has 2 heterocycles. The van der Waals surface area contributed by atoms with Crippen LogP contribution in [0.4, 0.5) is 5.82 Å². The average molecular weight is 362 g/mol. The van der Waals surface area contributed by atoms with Crippen molar-refractivity contribution in [2.75, 3.05) is 31.6 Å². The highest BCUT2D eigenvalue weighted by Crippen LogP contribution is 2.30. The van der Waals surface area contributed by atoms with E-state index in [2.05, 4.69) is 10.3 Å². The Hall–Kier alpha value is -2.31. The molecule has 2 aromatic rings. The molecule has 3 rings (SSSR count). The minimum Gasteiger partial charge on any atom is -0.486 e. The summed E-state index contributed by atoms with van der Waals surface area (Å²) in [5.41, 5.74) is 0. The first-order chi connectivity index (χ1) is 12.1. The summed E-state index contributed by atoms with van der Waals surface area (Å²) in [5.74, 6) is 1.85. The number of nitrogens with one attached hydrogen (secondary N) is 1. The van der Waals surface area contributed by atoms with Crippen molar-refractivity contribution in [3.63, 3.8) is 0 Å². The van der Waals surface area contributed by atoms with Gasteiger partial charge in [0, 0.05) is 12.7 Å². The van der Waals surface area contributed by atoms with Crippen LogP contribution in [0.15, 0.2) is 42.6 Å². The first kappa shape index (κ1) is 17.5. The number of pyridine rings is 1. The fourth-order valence-corrected chi connectivity index (χ4v) is 2.69. The molecule has 6 nitrogen and oxygen atoms in total. The summed E-state index contributed by atoms with van der Waals surface area (Å²) in [4.78, 5) is 18.3. The van der Waals surface area contributed by atoms with Crippen LogP contribution in [0.2, 0.25) is 5.02 Å². The van der Waals surface area contributed by atoms with Crippen LogP contribution in [0, 0.1) is 0 Å². The molecule has 0 aliphatic carbocycles. The van der Waals surface area contributed by atoms with Gasteiger partial charge >= 0.3 is 0 Å². The summed E-state index contributed by atoms with van der Waals surface area (Å²) in [5, 5.41) is 3.29. The second-order valence-electron chi connectivity index (χ2n) is 5.74. The van der Waals surface area contributed by atoms with Gasteiger partial charge in [0.15, 0.2) is 11.5 Å². The number of likely N-dealkylation sites (N-methyl/N-ethyl adjacent to an activating group) is 1. The number of anilines is 1. The fourth-order valence-electron chi connectivity index (χ4n) is 2.58. The number of hydrogen-bond acceptors (Lipinski definition) is 5. The summed E-state index contributed by atoms with van der Waals surface area (Å²) >= 11 is 5.79. The van der Waals surface area contributed by atoms with Gasteiger partial charge in [-0.2, -0.15) is 0 Å². The normalized spacial score (nSPS) is 15.9. The van der Waals surface area contributed by atoms with Crippen molar-refractivity contribution in [1.82, 2.24) is 9.88 Å². The molecule has 1 unspecified atom stereocenters. The second-order valence-corrected chi connectivity index (χ2v) is 6.17. The number of carbonyl (C=O) groups excluding carboxylic acids is 1. The first-order valence-electron chi connectivity index (χ1n) is 8.16. The lowest BCUT2D eigenvalue weighted by Crippen LogP contribution is -2.43. The third kappa shape index (κ3) is 4.84. The quantitative estimate of drug-likeness (QED) is 0.857. The molecular formula is C18H20ClN3O3. The SMILES string of the molecule is CCN(CC(=O)Nc1ccc(Cl)cn1)CC1COc2ccccc2O1. The van der Waals surface area contributed by atoms with Gasteiger partial charge < -0.3 is 14.8 Å². The highest BCUT2D eigenvalue weighted by molar-refractivity contribution is 6.30. The molecule has 1 aliphatic heterocycles. The van der Waals surface area contributed by atoms with Crippen molar-refractivity contribution < 1.29 is 14.3 Å². The van der Waals surface area contributed by atoms with E-state index in [-0.39, 0.29) is 18.6 Å². The van der Waals surface area contributed by atoms with Gasteiger partial charge in [0.1, 0.15) is 18.5 Å². The van der Waals surface area contributed by atoms with E-state index in [9.17, 15) is 4.79 Å². The summed E-state index contributed by atoms with van der Waals surface area (Å²) < 4.78 is 11.7. The van der Waals surface area contributed by atoms with Gasteiger partial charge in [0.25, 0.3) is 0 Å². The summed E-state index contributed by atoms with van der Waals surface area (Å²) in [6.07, 6.45) is 1.38. The highest BCUT2D eigenvalue weighted by Gasteiger charge is 2.23. The number of carbonyl (C=O) groups is 1. The molecule has 0 radical (unpaired) electrons. The maximum atomic E-state index is 12.2. The lowest BCUT2D eigenvalue weighted by atomic mass is 10.2. The van der Waals surface area contributed by atoms with Crippen LogP contribution < -0.4 is 14.8 Å². The van der Waals surface area contributed by atoms with E-state index in [1.54, 1.807) is 12.1 Å². The zero-order valence-corrected chi connectivity index (χ0v) is 14.7. The van der Waals surface area contributed by atoms with Crippen molar-refractivity contribution in [3.05, 3.63) is 47.6 Å². The number of ether oxygens (including phenoxy) is 2. The van der Waals surface area contributed by atoms with Crippen molar-refractivity contribution in [2.45, 2.75) is 13.0 Å². The monoisotopic (exact) mass is 361 g/mol. The molecular weight excluding hydrogens is 342 g/mol. The predicted octanol–water partition coefficient (Wildman–Crippen LogP) is 2.84. The van der Waals surface area contributed by atoms with E-state index < -0.39 is 0 Å². The Morgan fingerprint density at radius 3 is 2.84 bits per heavy atom. The smallest absolute Gasteiger partial charge is 0.239 e. The van der Waals surface area contributed by atoms with Crippen molar-refractivity contribution in [2.24, 2.45) is 0 Å². The van der Waals surface area contributed by atoms with Gasteiger partial charge in [-0.05, 0) is 30.8 Å². The Labute approximate surface area is 151 Å². The van der Waals surface area contributed by atoms with Gasteiger partial charge in [0.2, 0.25) is 5.91 Å². The van der Waals surface area contributed by atoms with E-state index in [1.807, 2.05) is 36.1 Å². The number of amides is 1. The Morgan fingerprint density at radius 2 is 2.12 bits per heavy atom. The molecule has 1 aliphatic rings. The standard InChI is InChI=1S/C18H20ClN3O3/c1-2-22(11-18(23)21-17-8-7-13(19)9-20-17)10-14-12-24-15-5-3-4-6-16(15)25-14/h3-9,14H,2,10-12H2,1H3,(H,20,21,23). The van der Waals surface area contributed by atoms with Crippen LogP contribution >= 0.6 is 11.6 Å². The molecule has 1 amide bonds. The molecule has 25 heavy (non-hydrogen) atoms. The van der Waals surface area contributed by atoms with Crippen LogP contribution in [0.5, 0.6) is 11.5 Å². The van der Waals surface area contributed by atoms with Gasteiger partial charge in [-0.15, -0.1) is 0 Å². The molecule has 0 spiro atoms. The van der Waals surface area contributed by atoms with Crippen LogP contribution in [0.1, 0.15) is 6.92 Å². The maximum absolute atomic E-state index is 12.2. The summed E-state index contributed by atoms with van der Waals surface area (Å²) in [6.45, 7) is 4.05. The summed E-state index contributed by atoms with van der Waals surface area (Å²) in [6, 6.07) is 11.0. The summed E-state index contributed by atoms with van der Waals surface area (Å²) in [7, 11) is 0. The number of nitrogens with zero attached hydrogens (tertiary/aromatic N) is 2. The average Bonchev–Trinajstić information content (AvgIpc) is 2.63. The fraction of sp³-hybridized carbons (Fsp3) is 0.333. The number of hydrogen-bond donors (Lipinski definition) is 1. The minimum atomic E-state index is -0.131. The van der Waals surface area contributed by atoms with Crippen LogP contribution in [-0.2, 0) is 4.79 Å². The number of rotatable bonds is 6. The largest absolute Gasteiger partial charge is 0.486 e. The van der Waals surface area contributed by atoms with Crippen LogP contribution in [0.25, 0.3) is 0 Å².